The molecule has 0 saturated carbocycles. The molecule has 1 N–H and O–H groups in total. The number of alkyl halides is 3. The highest BCUT2D eigenvalue weighted by Crippen LogP contribution is 2.25. The molecule has 1 aromatic heterocycles. The second-order valence-corrected chi connectivity index (χ2v) is 6.51. The fourth-order valence-corrected chi connectivity index (χ4v) is 2.94. The number of halogens is 4. The SMILES string of the molecule is Cn1c(C(F)(F)F)nn(CCNS(=O)(=O)c2cccc(F)c2)c1=O. The molecular formula is C12H12F4N4O3S. The normalized spacial score (nSPS) is 12.5. The van der Waals surface area contributed by atoms with E-state index in [0.29, 0.717) is 9.25 Å². The van der Waals surface area contributed by atoms with E-state index in [1.165, 1.54) is 6.07 Å². The zero-order valence-corrected chi connectivity index (χ0v) is 13.0. The van der Waals surface area contributed by atoms with Gasteiger partial charge in [0.15, 0.2) is 0 Å². The van der Waals surface area contributed by atoms with Crippen molar-refractivity contribution in [2.45, 2.75) is 17.6 Å². The summed E-state index contributed by atoms with van der Waals surface area (Å²) >= 11 is 0. The molecule has 2 aromatic rings. The number of rotatable bonds is 5. The van der Waals surface area contributed by atoms with Gasteiger partial charge in [-0.1, -0.05) is 6.07 Å². The third kappa shape index (κ3) is 3.82. The molecule has 0 aliphatic rings. The predicted octanol–water partition coefficient (Wildman–Crippen LogP) is 0.718. The number of nitrogens with zero attached hydrogens (tertiary/aromatic N) is 3. The number of hydrogen-bond donors (Lipinski definition) is 1. The third-order valence-corrected chi connectivity index (χ3v) is 4.48. The van der Waals surface area contributed by atoms with Gasteiger partial charge >= 0.3 is 11.9 Å². The zero-order chi connectivity index (χ0) is 18.1. The average molecular weight is 368 g/mol. The summed E-state index contributed by atoms with van der Waals surface area (Å²) in [4.78, 5) is 11.3. The van der Waals surface area contributed by atoms with Gasteiger partial charge in [-0.2, -0.15) is 13.2 Å². The molecule has 7 nitrogen and oxygen atoms in total. The van der Waals surface area contributed by atoms with Crippen LogP contribution in [0.2, 0.25) is 0 Å². The summed E-state index contributed by atoms with van der Waals surface area (Å²) in [6.45, 7) is -0.815. The molecule has 0 radical (unpaired) electrons. The molecule has 2 rings (SSSR count). The monoisotopic (exact) mass is 368 g/mol. The maximum atomic E-state index is 13.0. The van der Waals surface area contributed by atoms with Crippen molar-refractivity contribution in [2.75, 3.05) is 6.54 Å². The van der Waals surface area contributed by atoms with Crippen LogP contribution in [0.4, 0.5) is 17.6 Å². The van der Waals surface area contributed by atoms with Gasteiger partial charge in [-0.25, -0.2) is 27.0 Å². The topological polar surface area (TPSA) is 86.0 Å². The van der Waals surface area contributed by atoms with E-state index in [4.69, 9.17) is 0 Å². The van der Waals surface area contributed by atoms with Crippen LogP contribution in [-0.4, -0.2) is 29.3 Å². The summed E-state index contributed by atoms with van der Waals surface area (Å²) in [5.41, 5.74) is -1.03. The fraction of sp³-hybridized carbons (Fsp3) is 0.333. The molecule has 1 heterocycles. The molecule has 0 fully saturated rings. The summed E-state index contributed by atoms with van der Waals surface area (Å²) < 4.78 is 77.6. The molecule has 0 atom stereocenters. The van der Waals surface area contributed by atoms with E-state index in [-0.39, 0.29) is 4.90 Å². The van der Waals surface area contributed by atoms with Gasteiger partial charge in [-0.05, 0) is 18.2 Å². The first-order chi connectivity index (χ1) is 11.0. The molecule has 1 aromatic carbocycles. The van der Waals surface area contributed by atoms with E-state index >= 15 is 0 Å². The van der Waals surface area contributed by atoms with Gasteiger partial charge in [0.1, 0.15) is 5.82 Å². The number of hydrogen-bond acceptors (Lipinski definition) is 4. The minimum atomic E-state index is -4.81. The van der Waals surface area contributed by atoms with E-state index in [1.807, 2.05) is 0 Å². The Kier molecular flexibility index (Phi) is 4.80. The first-order valence-corrected chi connectivity index (χ1v) is 7.97. The van der Waals surface area contributed by atoms with Gasteiger partial charge in [-0.15, -0.1) is 5.10 Å². The summed E-state index contributed by atoms with van der Waals surface area (Å²) in [5, 5.41) is 3.13. The standard InChI is InChI=1S/C12H12F4N4O3S/c1-19-10(12(14,15)16)18-20(11(19)21)6-5-17-24(22,23)9-4-2-3-8(13)7-9/h2-4,7,17H,5-6H2,1H3. The van der Waals surface area contributed by atoms with Crippen LogP contribution in [0.15, 0.2) is 34.0 Å². The van der Waals surface area contributed by atoms with Crippen LogP contribution in [0.25, 0.3) is 0 Å². The Morgan fingerprint density at radius 3 is 2.50 bits per heavy atom. The van der Waals surface area contributed by atoms with Crippen LogP contribution >= 0.6 is 0 Å². The lowest BCUT2D eigenvalue weighted by molar-refractivity contribution is -0.147. The maximum absolute atomic E-state index is 13.0. The van der Waals surface area contributed by atoms with Crippen molar-refractivity contribution in [1.29, 1.82) is 0 Å². The second kappa shape index (κ2) is 6.36. The molecule has 0 amide bonds. The Morgan fingerprint density at radius 2 is 1.96 bits per heavy atom. The largest absolute Gasteiger partial charge is 0.451 e. The highest BCUT2D eigenvalue weighted by molar-refractivity contribution is 7.89. The molecule has 0 saturated heterocycles. The Balaban J connectivity index is 2.11. The van der Waals surface area contributed by atoms with Crippen LogP contribution in [0.5, 0.6) is 0 Å². The fourth-order valence-electron chi connectivity index (χ4n) is 1.88. The van der Waals surface area contributed by atoms with E-state index in [2.05, 4.69) is 9.82 Å². The van der Waals surface area contributed by atoms with Crippen LogP contribution in [-0.2, 0) is 29.8 Å². The lowest BCUT2D eigenvalue weighted by Gasteiger charge is -2.06. The van der Waals surface area contributed by atoms with Crippen LogP contribution in [0.3, 0.4) is 0 Å². The second-order valence-electron chi connectivity index (χ2n) is 4.74. The Labute approximate surface area is 133 Å². The van der Waals surface area contributed by atoms with Gasteiger partial charge in [0.05, 0.1) is 11.4 Å². The van der Waals surface area contributed by atoms with Gasteiger partial charge in [0, 0.05) is 13.6 Å². The first kappa shape index (κ1) is 18.1. The van der Waals surface area contributed by atoms with E-state index < -0.39 is 46.6 Å². The first-order valence-electron chi connectivity index (χ1n) is 6.48. The number of sulfonamides is 1. The lowest BCUT2D eigenvalue weighted by atomic mass is 10.4. The molecule has 132 valence electrons. The molecule has 0 aliphatic carbocycles. The van der Waals surface area contributed by atoms with Gasteiger partial charge in [-0.3, -0.25) is 4.57 Å². The van der Waals surface area contributed by atoms with Crippen molar-refractivity contribution in [3.8, 4) is 0 Å². The summed E-state index contributed by atoms with van der Waals surface area (Å²) in [5.74, 6) is -2.14. The molecule has 0 spiro atoms. The predicted molar refractivity (Wildman–Crippen MR) is 74.1 cm³/mol. The minimum Gasteiger partial charge on any atom is -0.274 e. The van der Waals surface area contributed by atoms with Crippen molar-refractivity contribution in [1.82, 2.24) is 19.1 Å². The molecule has 12 heteroatoms. The molecule has 24 heavy (non-hydrogen) atoms. The molecule has 0 bridgehead atoms. The molecular weight excluding hydrogens is 356 g/mol. The number of nitrogens with one attached hydrogen (secondary N) is 1. The Bertz CT molecular complexity index is 902. The Morgan fingerprint density at radius 1 is 1.29 bits per heavy atom. The minimum absolute atomic E-state index is 0.321. The van der Waals surface area contributed by atoms with Crippen LogP contribution < -0.4 is 10.4 Å². The van der Waals surface area contributed by atoms with Crippen LogP contribution in [0.1, 0.15) is 5.82 Å². The van der Waals surface area contributed by atoms with Crippen molar-refractivity contribution >= 4 is 10.0 Å². The average Bonchev–Trinajstić information content (AvgIpc) is 2.75. The highest BCUT2D eigenvalue weighted by Gasteiger charge is 2.37. The van der Waals surface area contributed by atoms with Crippen molar-refractivity contribution in [2.24, 2.45) is 7.05 Å². The van der Waals surface area contributed by atoms with Gasteiger partial charge < -0.3 is 0 Å². The van der Waals surface area contributed by atoms with Crippen molar-refractivity contribution in [3.05, 3.63) is 46.4 Å². The van der Waals surface area contributed by atoms with Crippen LogP contribution in [0, 0.1) is 5.82 Å². The summed E-state index contributed by atoms with van der Waals surface area (Å²) in [7, 11) is -3.15. The highest BCUT2D eigenvalue weighted by atomic mass is 32.2. The van der Waals surface area contributed by atoms with E-state index in [0.717, 1.165) is 25.2 Å². The molecule has 0 unspecified atom stereocenters. The maximum Gasteiger partial charge on any atom is 0.451 e. The Hall–Kier alpha value is -2.21. The van der Waals surface area contributed by atoms with Crippen molar-refractivity contribution in [3.63, 3.8) is 0 Å². The van der Waals surface area contributed by atoms with E-state index in [9.17, 15) is 30.8 Å². The molecule has 0 aliphatic heterocycles. The smallest absolute Gasteiger partial charge is 0.274 e. The lowest BCUT2D eigenvalue weighted by Crippen LogP contribution is -2.31. The summed E-state index contributed by atoms with van der Waals surface area (Å²) in [6.07, 6.45) is -4.81. The summed E-state index contributed by atoms with van der Waals surface area (Å²) in [6, 6.07) is 4.20. The quantitative estimate of drug-likeness (QED) is 0.788. The zero-order valence-electron chi connectivity index (χ0n) is 12.2. The van der Waals surface area contributed by atoms with Crippen molar-refractivity contribution < 1.29 is 26.0 Å². The van der Waals surface area contributed by atoms with Gasteiger partial charge in [0.25, 0.3) is 0 Å². The third-order valence-electron chi connectivity index (χ3n) is 3.02. The van der Waals surface area contributed by atoms with E-state index in [1.54, 1.807) is 0 Å². The van der Waals surface area contributed by atoms with Gasteiger partial charge in [0.2, 0.25) is 15.8 Å². The number of aromatic nitrogens is 3. The number of benzene rings is 1.